The van der Waals surface area contributed by atoms with Crippen molar-refractivity contribution in [2.75, 3.05) is 43.0 Å². The predicted octanol–water partition coefficient (Wildman–Crippen LogP) is 1.81. The predicted molar refractivity (Wildman–Crippen MR) is 99.8 cm³/mol. The maximum absolute atomic E-state index is 11.8. The molecule has 0 aromatic carbocycles. The lowest BCUT2D eigenvalue weighted by atomic mass is 9.97. The summed E-state index contributed by atoms with van der Waals surface area (Å²) in [5.41, 5.74) is 0. The van der Waals surface area contributed by atoms with Gasteiger partial charge in [0.2, 0.25) is 5.95 Å². The molecule has 0 bridgehead atoms. The van der Waals surface area contributed by atoms with E-state index >= 15 is 0 Å². The molecule has 2 aliphatic heterocycles. The van der Waals surface area contributed by atoms with Crippen LogP contribution < -0.4 is 10.2 Å². The van der Waals surface area contributed by atoms with Crippen molar-refractivity contribution in [1.29, 1.82) is 0 Å². The van der Waals surface area contributed by atoms with Crippen LogP contribution in [-0.4, -0.2) is 70.9 Å². The zero-order chi connectivity index (χ0) is 19.2. The molecule has 2 fully saturated rings. The van der Waals surface area contributed by atoms with E-state index in [1.807, 2.05) is 6.07 Å². The molecular weight excluding hydrogens is 350 g/mol. The first-order valence-corrected chi connectivity index (χ1v) is 9.56. The summed E-state index contributed by atoms with van der Waals surface area (Å²) in [5, 5.41) is 12.5. The number of anilines is 2. The maximum Gasteiger partial charge on any atom is 0.409 e. The van der Waals surface area contributed by atoms with E-state index in [2.05, 4.69) is 20.2 Å². The maximum atomic E-state index is 11.8. The topological polar surface area (TPSA) is 108 Å². The standard InChI is InChI=1S/C18H27N5O4/c1-2-27-18(26)23-11-6-14(7-12-23)20-17-19-8-3-15(21-17)22-9-4-13(5-10-22)16(24)25/h3,8,13-14H,2,4-7,9-12H2,1H3,(H,24,25)(H,19,20,21). The molecule has 0 saturated carbocycles. The van der Waals surface area contributed by atoms with Gasteiger partial charge >= 0.3 is 12.1 Å². The summed E-state index contributed by atoms with van der Waals surface area (Å²) in [6.45, 7) is 4.87. The first kappa shape index (κ1) is 19.2. The minimum atomic E-state index is -0.714. The number of carboxylic acid groups (broad SMARTS) is 1. The molecule has 1 aromatic heterocycles. The number of aliphatic carboxylic acids is 1. The van der Waals surface area contributed by atoms with Gasteiger partial charge in [-0.05, 0) is 38.7 Å². The summed E-state index contributed by atoms with van der Waals surface area (Å²) < 4.78 is 5.04. The van der Waals surface area contributed by atoms with Gasteiger partial charge in [-0.2, -0.15) is 4.98 Å². The number of aromatic nitrogens is 2. The molecule has 0 aliphatic carbocycles. The number of nitrogens with one attached hydrogen (secondary N) is 1. The van der Waals surface area contributed by atoms with E-state index in [1.54, 1.807) is 18.0 Å². The number of carboxylic acids is 1. The van der Waals surface area contributed by atoms with Gasteiger partial charge in [-0.15, -0.1) is 0 Å². The molecule has 0 unspecified atom stereocenters. The van der Waals surface area contributed by atoms with E-state index in [0.29, 0.717) is 51.6 Å². The minimum Gasteiger partial charge on any atom is -0.481 e. The lowest BCUT2D eigenvalue weighted by Gasteiger charge is -2.32. The summed E-state index contributed by atoms with van der Waals surface area (Å²) in [5.74, 6) is 0.418. The van der Waals surface area contributed by atoms with Crippen LogP contribution in [-0.2, 0) is 9.53 Å². The first-order chi connectivity index (χ1) is 13.1. The summed E-state index contributed by atoms with van der Waals surface area (Å²) >= 11 is 0. The van der Waals surface area contributed by atoms with Crippen LogP contribution in [0.5, 0.6) is 0 Å². The zero-order valence-electron chi connectivity index (χ0n) is 15.6. The van der Waals surface area contributed by atoms with Crippen molar-refractivity contribution < 1.29 is 19.4 Å². The number of rotatable bonds is 5. The molecule has 0 spiro atoms. The quantitative estimate of drug-likeness (QED) is 0.800. The number of hydrogen-bond acceptors (Lipinski definition) is 7. The number of ether oxygens (including phenoxy) is 1. The van der Waals surface area contributed by atoms with Gasteiger partial charge in [-0.3, -0.25) is 4.79 Å². The van der Waals surface area contributed by atoms with Gasteiger partial charge < -0.3 is 25.0 Å². The second kappa shape index (κ2) is 8.88. The number of likely N-dealkylation sites (tertiary alicyclic amines) is 1. The molecule has 1 aromatic rings. The molecule has 9 nitrogen and oxygen atoms in total. The second-order valence-corrected chi connectivity index (χ2v) is 6.94. The fourth-order valence-electron chi connectivity index (χ4n) is 3.55. The Bertz CT molecular complexity index is 655. The summed E-state index contributed by atoms with van der Waals surface area (Å²) in [4.78, 5) is 35.6. The van der Waals surface area contributed by atoms with Crippen molar-refractivity contribution in [3.63, 3.8) is 0 Å². The highest BCUT2D eigenvalue weighted by atomic mass is 16.6. The number of hydrogen-bond donors (Lipinski definition) is 2. The SMILES string of the molecule is CCOC(=O)N1CCC(Nc2nccc(N3CCC(C(=O)O)CC3)n2)CC1. The zero-order valence-corrected chi connectivity index (χ0v) is 15.6. The van der Waals surface area contributed by atoms with Crippen molar-refractivity contribution in [1.82, 2.24) is 14.9 Å². The third-order valence-corrected chi connectivity index (χ3v) is 5.16. The number of carbonyl (C=O) groups excluding carboxylic acids is 1. The van der Waals surface area contributed by atoms with Crippen molar-refractivity contribution in [2.24, 2.45) is 5.92 Å². The molecule has 1 amide bonds. The Morgan fingerprint density at radius 2 is 1.93 bits per heavy atom. The highest BCUT2D eigenvalue weighted by Gasteiger charge is 2.26. The molecule has 2 aliphatic rings. The fraction of sp³-hybridized carbons (Fsp3) is 0.667. The number of nitrogens with zero attached hydrogens (tertiary/aromatic N) is 4. The largest absolute Gasteiger partial charge is 0.481 e. The van der Waals surface area contributed by atoms with Crippen molar-refractivity contribution >= 4 is 23.8 Å². The Morgan fingerprint density at radius 1 is 1.22 bits per heavy atom. The lowest BCUT2D eigenvalue weighted by Crippen LogP contribution is -2.42. The van der Waals surface area contributed by atoms with Gasteiger partial charge in [0.25, 0.3) is 0 Å². The molecule has 2 N–H and O–H groups in total. The van der Waals surface area contributed by atoms with Crippen molar-refractivity contribution in [3.8, 4) is 0 Å². The minimum absolute atomic E-state index is 0.212. The Labute approximate surface area is 158 Å². The van der Waals surface area contributed by atoms with Crippen molar-refractivity contribution in [2.45, 2.75) is 38.6 Å². The van der Waals surface area contributed by atoms with Crippen LogP contribution >= 0.6 is 0 Å². The first-order valence-electron chi connectivity index (χ1n) is 9.56. The third kappa shape index (κ3) is 4.99. The molecule has 3 rings (SSSR count). The number of carbonyl (C=O) groups is 2. The Balaban J connectivity index is 1.51. The van der Waals surface area contributed by atoms with Gasteiger partial charge in [0, 0.05) is 38.4 Å². The molecule has 2 saturated heterocycles. The average molecular weight is 377 g/mol. The smallest absolute Gasteiger partial charge is 0.409 e. The van der Waals surface area contributed by atoms with Crippen LogP contribution in [0.3, 0.4) is 0 Å². The van der Waals surface area contributed by atoms with E-state index in [4.69, 9.17) is 9.84 Å². The van der Waals surface area contributed by atoms with E-state index in [-0.39, 0.29) is 18.1 Å². The van der Waals surface area contributed by atoms with Crippen LogP contribution in [0.4, 0.5) is 16.6 Å². The van der Waals surface area contributed by atoms with E-state index in [9.17, 15) is 9.59 Å². The van der Waals surface area contributed by atoms with Crippen LogP contribution in [0.15, 0.2) is 12.3 Å². The number of piperidine rings is 2. The molecule has 0 radical (unpaired) electrons. The highest BCUT2D eigenvalue weighted by Crippen LogP contribution is 2.23. The molecule has 0 atom stereocenters. The number of amides is 1. The molecule has 148 valence electrons. The summed E-state index contributed by atoms with van der Waals surface area (Å²) in [6.07, 6.45) is 4.37. The Morgan fingerprint density at radius 3 is 2.56 bits per heavy atom. The van der Waals surface area contributed by atoms with Gasteiger partial charge in [-0.1, -0.05) is 0 Å². The second-order valence-electron chi connectivity index (χ2n) is 6.94. The Hall–Kier alpha value is -2.58. The highest BCUT2D eigenvalue weighted by molar-refractivity contribution is 5.70. The van der Waals surface area contributed by atoms with Crippen LogP contribution in [0, 0.1) is 5.92 Å². The van der Waals surface area contributed by atoms with E-state index in [1.165, 1.54) is 0 Å². The van der Waals surface area contributed by atoms with E-state index in [0.717, 1.165) is 18.7 Å². The molecule has 27 heavy (non-hydrogen) atoms. The summed E-state index contributed by atoms with van der Waals surface area (Å²) in [7, 11) is 0. The summed E-state index contributed by atoms with van der Waals surface area (Å²) in [6, 6.07) is 2.07. The average Bonchev–Trinajstić information content (AvgIpc) is 2.69. The molecule has 3 heterocycles. The van der Waals surface area contributed by atoms with Crippen LogP contribution in [0.25, 0.3) is 0 Å². The molecule has 9 heteroatoms. The Kier molecular flexibility index (Phi) is 6.31. The monoisotopic (exact) mass is 377 g/mol. The van der Waals surface area contributed by atoms with Gasteiger partial charge in [0.1, 0.15) is 5.82 Å². The molecular formula is C18H27N5O4. The lowest BCUT2D eigenvalue weighted by molar-refractivity contribution is -0.142. The van der Waals surface area contributed by atoms with Gasteiger partial charge in [0.15, 0.2) is 0 Å². The fourth-order valence-corrected chi connectivity index (χ4v) is 3.55. The van der Waals surface area contributed by atoms with Crippen LogP contribution in [0.1, 0.15) is 32.6 Å². The van der Waals surface area contributed by atoms with Gasteiger partial charge in [-0.25, -0.2) is 9.78 Å². The van der Waals surface area contributed by atoms with Crippen molar-refractivity contribution in [3.05, 3.63) is 12.3 Å². The normalized spacial score (nSPS) is 19.0. The van der Waals surface area contributed by atoms with Gasteiger partial charge in [0.05, 0.1) is 12.5 Å². The third-order valence-electron chi connectivity index (χ3n) is 5.16. The van der Waals surface area contributed by atoms with Crippen LogP contribution in [0.2, 0.25) is 0 Å². The van der Waals surface area contributed by atoms with E-state index < -0.39 is 5.97 Å².